The van der Waals surface area contributed by atoms with Crippen molar-refractivity contribution in [2.24, 2.45) is 0 Å². The number of alkyl halides is 2. The standard InChI is InChI=1S/C5H9Cl2N/c6-2-5-1-4(7)3-8-5/h4-5,8H,1-3H2. The van der Waals surface area contributed by atoms with E-state index >= 15 is 0 Å². The number of rotatable bonds is 1. The summed E-state index contributed by atoms with van der Waals surface area (Å²) in [6.45, 7) is 0.916. The van der Waals surface area contributed by atoms with Crippen LogP contribution in [0.15, 0.2) is 0 Å². The average molecular weight is 154 g/mol. The first kappa shape index (κ1) is 6.66. The van der Waals surface area contributed by atoms with E-state index in [1.54, 1.807) is 0 Å². The topological polar surface area (TPSA) is 12.0 Å². The van der Waals surface area contributed by atoms with Crippen molar-refractivity contribution < 1.29 is 0 Å². The second-order valence-electron chi connectivity index (χ2n) is 2.09. The van der Waals surface area contributed by atoms with Crippen LogP contribution in [0, 0.1) is 0 Å². The van der Waals surface area contributed by atoms with Crippen molar-refractivity contribution in [1.82, 2.24) is 5.32 Å². The Labute approximate surface area is 59.3 Å². The Morgan fingerprint density at radius 2 is 2.38 bits per heavy atom. The monoisotopic (exact) mass is 153 g/mol. The predicted octanol–water partition coefficient (Wildman–Crippen LogP) is 1.19. The van der Waals surface area contributed by atoms with Crippen molar-refractivity contribution in [2.45, 2.75) is 17.8 Å². The van der Waals surface area contributed by atoms with Crippen LogP contribution >= 0.6 is 23.2 Å². The molecule has 1 rings (SSSR count). The smallest absolute Gasteiger partial charge is 0.0476 e. The van der Waals surface area contributed by atoms with Crippen LogP contribution in [0.1, 0.15) is 6.42 Å². The molecule has 3 heteroatoms. The van der Waals surface area contributed by atoms with Crippen molar-refractivity contribution >= 4 is 23.2 Å². The zero-order valence-electron chi connectivity index (χ0n) is 4.53. The highest BCUT2D eigenvalue weighted by Gasteiger charge is 2.20. The maximum atomic E-state index is 5.76. The van der Waals surface area contributed by atoms with Gasteiger partial charge in [0.15, 0.2) is 0 Å². The average Bonchev–Trinajstić information content (AvgIpc) is 2.14. The minimum Gasteiger partial charge on any atom is -0.311 e. The molecule has 1 fully saturated rings. The molecule has 0 aromatic carbocycles. The summed E-state index contributed by atoms with van der Waals surface area (Å²) in [5.74, 6) is 0.684. The fourth-order valence-electron chi connectivity index (χ4n) is 0.887. The minimum absolute atomic E-state index is 0.304. The van der Waals surface area contributed by atoms with Crippen molar-refractivity contribution in [3.8, 4) is 0 Å². The Kier molecular flexibility index (Phi) is 2.42. The van der Waals surface area contributed by atoms with Crippen molar-refractivity contribution in [1.29, 1.82) is 0 Å². The molecule has 1 aliphatic rings. The van der Waals surface area contributed by atoms with Gasteiger partial charge in [-0.1, -0.05) is 0 Å². The molecular formula is C5H9Cl2N. The lowest BCUT2D eigenvalue weighted by atomic mass is 10.2. The van der Waals surface area contributed by atoms with Gasteiger partial charge in [-0.15, -0.1) is 23.2 Å². The van der Waals surface area contributed by atoms with E-state index < -0.39 is 0 Å². The van der Waals surface area contributed by atoms with Gasteiger partial charge in [-0.25, -0.2) is 0 Å². The highest BCUT2D eigenvalue weighted by atomic mass is 35.5. The first-order valence-corrected chi connectivity index (χ1v) is 3.73. The van der Waals surface area contributed by atoms with E-state index in [0.29, 0.717) is 17.3 Å². The molecule has 0 aromatic heterocycles. The van der Waals surface area contributed by atoms with Gasteiger partial charge in [0.25, 0.3) is 0 Å². The van der Waals surface area contributed by atoms with Gasteiger partial charge < -0.3 is 5.32 Å². The summed E-state index contributed by atoms with van der Waals surface area (Å²) >= 11 is 11.3. The number of nitrogens with one attached hydrogen (secondary N) is 1. The molecule has 1 aliphatic heterocycles. The van der Waals surface area contributed by atoms with E-state index in [-0.39, 0.29) is 0 Å². The van der Waals surface area contributed by atoms with E-state index in [0.717, 1.165) is 13.0 Å². The molecule has 0 amide bonds. The van der Waals surface area contributed by atoms with Gasteiger partial charge in [-0.2, -0.15) is 0 Å². The lowest BCUT2D eigenvalue weighted by molar-refractivity contribution is 0.671. The summed E-state index contributed by atoms with van der Waals surface area (Å²) < 4.78 is 0. The van der Waals surface area contributed by atoms with Gasteiger partial charge in [-0.05, 0) is 6.42 Å². The van der Waals surface area contributed by atoms with Crippen LogP contribution in [-0.2, 0) is 0 Å². The van der Waals surface area contributed by atoms with E-state index in [1.807, 2.05) is 0 Å². The molecule has 1 N–H and O–H groups in total. The first-order valence-electron chi connectivity index (χ1n) is 2.76. The van der Waals surface area contributed by atoms with Crippen LogP contribution in [0.4, 0.5) is 0 Å². The summed E-state index contributed by atoms with van der Waals surface area (Å²) in [4.78, 5) is 0. The summed E-state index contributed by atoms with van der Waals surface area (Å²) in [5, 5.41) is 3.50. The molecule has 2 atom stereocenters. The van der Waals surface area contributed by atoms with Crippen LogP contribution in [0.2, 0.25) is 0 Å². The van der Waals surface area contributed by atoms with Crippen LogP contribution < -0.4 is 5.32 Å². The van der Waals surface area contributed by atoms with Crippen LogP contribution in [0.3, 0.4) is 0 Å². The molecule has 0 aromatic rings. The number of hydrogen-bond acceptors (Lipinski definition) is 1. The van der Waals surface area contributed by atoms with Gasteiger partial charge >= 0.3 is 0 Å². The highest BCUT2D eigenvalue weighted by Crippen LogP contribution is 2.12. The fraction of sp³-hybridized carbons (Fsp3) is 1.00. The SMILES string of the molecule is ClCC1CC(Cl)CN1. The summed E-state index contributed by atoms with van der Waals surface area (Å²) in [5.41, 5.74) is 0. The Bertz CT molecular complexity index is 76.8. The Balaban J connectivity index is 2.22. The van der Waals surface area contributed by atoms with Gasteiger partial charge in [0.1, 0.15) is 0 Å². The van der Waals surface area contributed by atoms with Gasteiger partial charge in [0, 0.05) is 23.8 Å². The molecule has 1 heterocycles. The molecule has 0 radical (unpaired) electrons. The summed E-state index contributed by atoms with van der Waals surface area (Å²) in [7, 11) is 0. The zero-order chi connectivity index (χ0) is 5.98. The molecule has 1 nitrogen and oxygen atoms in total. The second kappa shape index (κ2) is 2.90. The van der Waals surface area contributed by atoms with Gasteiger partial charge in [-0.3, -0.25) is 0 Å². The largest absolute Gasteiger partial charge is 0.311 e. The Hall–Kier alpha value is 0.540. The number of hydrogen-bond donors (Lipinski definition) is 1. The molecule has 0 aliphatic carbocycles. The lowest BCUT2D eigenvalue weighted by Crippen LogP contribution is -2.22. The third-order valence-corrected chi connectivity index (χ3v) is 2.06. The van der Waals surface area contributed by atoms with Crippen molar-refractivity contribution in [2.75, 3.05) is 12.4 Å². The molecular weight excluding hydrogens is 145 g/mol. The number of halogens is 2. The predicted molar refractivity (Wildman–Crippen MR) is 36.8 cm³/mol. The second-order valence-corrected chi connectivity index (χ2v) is 3.02. The van der Waals surface area contributed by atoms with Crippen molar-refractivity contribution in [3.63, 3.8) is 0 Å². The quantitative estimate of drug-likeness (QED) is 0.559. The van der Waals surface area contributed by atoms with E-state index in [4.69, 9.17) is 23.2 Å². The fourth-order valence-corrected chi connectivity index (χ4v) is 1.43. The third kappa shape index (κ3) is 1.51. The van der Waals surface area contributed by atoms with Gasteiger partial charge in [0.2, 0.25) is 0 Å². The van der Waals surface area contributed by atoms with E-state index in [2.05, 4.69) is 5.32 Å². The van der Waals surface area contributed by atoms with E-state index in [9.17, 15) is 0 Å². The molecule has 8 heavy (non-hydrogen) atoms. The zero-order valence-corrected chi connectivity index (χ0v) is 6.04. The van der Waals surface area contributed by atoms with Crippen LogP contribution in [-0.4, -0.2) is 23.8 Å². The molecule has 48 valence electrons. The van der Waals surface area contributed by atoms with Gasteiger partial charge in [0.05, 0.1) is 0 Å². The Morgan fingerprint density at radius 1 is 1.62 bits per heavy atom. The Morgan fingerprint density at radius 3 is 2.62 bits per heavy atom. The first-order chi connectivity index (χ1) is 3.83. The van der Waals surface area contributed by atoms with Crippen molar-refractivity contribution in [3.05, 3.63) is 0 Å². The molecule has 2 unspecified atom stereocenters. The maximum absolute atomic E-state index is 5.76. The molecule has 1 saturated heterocycles. The summed E-state index contributed by atoms with van der Waals surface area (Å²) in [6, 6.07) is 0.458. The molecule has 0 saturated carbocycles. The normalized spacial score (nSPS) is 38.2. The minimum atomic E-state index is 0.304. The molecule has 0 bridgehead atoms. The third-order valence-electron chi connectivity index (χ3n) is 1.35. The van der Waals surface area contributed by atoms with Crippen LogP contribution in [0.5, 0.6) is 0 Å². The lowest BCUT2D eigenvalue weighted by Gasteiger charge is -2.00. The van der Waals surface area contributed by atoms with E-state index in [1.165, 1.54) is 0 Å². The molecule has 0 spiro atoms. The highest BCUT2D eigenvalue weighted by molar-refractivity contribution is 6.21. The van der Waals surface area contributed by atoms with Crippen LogP contribution in [0.25, 0.3) is 0 Å². The summed E-state index contributed by atoms with van der Waals surface area (Å²) in [6.07, 6.45) is 1.02. The maximum Gasteiger partial charge on any atom is 0.0476 e.